The molecule has 6 nitrogen and oxygen atoms in total. The smallest absolute Gasteiger partial charge is 0.220 e. The fourth-order valence-electron chi connectivity index (χ4n) is 2.68. The van der Waals surface area contributed by atoms with Crippen LogP contribution in [-0.4, -0.2) is 50.4 Å². The number of ether oxygens (including phenoxy) is 2. The van der Waals surface area contributed by atoms with Crippen molar-refractivity contribution in [3.8, 4) is 11.5 Å². The van der Waals surface area contributed by atoms with Crippen molar-refractivity contribution in [1.29, 1.82) is 0 Å². The molecule has 0 unspecified atom stereocenters. The summed E-state index contributed by atoms with van der Waals surface area (Å²) >= 11 is 0. The summed E-state index contributed by atoms with van der Waals surface area (Å²) < 4.78 is 10.4. The molecule has 0 spiro atoms. The number of nitrogens with zero attached hydrogens (tertiary/aromatic N) is 1. The van der Waals surface area contributed by atoms with E-state index in [0.717, 1.165) is 0 Å². The summed E-state index contributed by atoms with van der Waals surface area (Å²) in [6.07, 6.45) is 1.43. The van der Waals surface area contributed by atoms with Crippen LogP contribution in [-0.2, 0) is 4.79 Å². The molecule has 1 fully saturated rings. The third-order valence-corrected chi connectivity index (χ3v) is 4.06. The van der Waals surface area contributed by atoms with Gasteiger partial charge in [-0.1, -0.05) is 0 Å². The number of ketones is 1. The Morgan fingerprint density at radius 3 is 2.36 bits per heavy atom. The van der Waals surface area contributed by atoms with Crippen molar-refractivity contribution in [3.05, 3.63) is 23.8 Å². The first-order valence-electron chi connectivity index (χ1n) is 7.32. The van der Waals surface area contributed by atoms with Crippen molar-refractivity contribution < 1.29 is 19.1 Å². The fourth-order valence-corrected chi connectivity index (χ4v) is 2.68. The first kappa shape index (κ1) is 16.3. The molecule has 0 aromatic heterocycles. The number of likely N-dealkylation sites (tertiary alicyclic amines) is 1. The molecule has 22 heavy (non-hydrogen) atoms. The van der Waals surface area contributed by atoms with E-state index in [-0.39, 0.29) is 17.6 Å². The van der Waals surface area contributed by atoms with Crippen LogP contribution >= 0.6 is 0 Å². The van der Waals surface area contributed by atoms with E-state index in [1.807, 2.05) is 0 Å². The Labute approximate surface area is 130 Å². The predicted molar refractivity (Wildman–Crippen MR) is 82.2 cm³/mol. The zero-order valence-electron chi connectivity index (χ0n) is 13.0. The average Bonchev–Trinajstić information content (AvgIpc) is 2.54. The van der Waals surface area contributed by atoms with Gasteiger partial charge in [0.2, 0.25) is 5.91 Å². The van der Waals surface area contributed by atoms with E-state index in [1.165, 1.54) is 0 Å². The molecule has 1 saturated heterocycles. The minimum absolute atomic E-state index is 0.0264. The Hall–Kier alpha value is -2.08. The number of rotatable bonds is 6. The summed E-state index contributed by atoms with van der Waals surface area (Å²) in [5, 5.41) is 0. The van der Waals surface area contributed by atoms with Crippen LogP contribution in [0.1, 0.15) is 23.2 Å². The fraction of sp³-hybridized carbons (Fsp3) is 0.500. The highest BCUT2D eigenvalue weighted by atomic mass is 16.5. The maximum Gasteiger partial charge on any atom is 0.220 e. The van der Waals surface area contributed by atoms with E-state index < -0.39 is 0 Å². The summed E-state index contributed by atoms with van der Waals surface area (Å²) in [7, 11) is 3.10. The Morgan fingerprint density at radius 2 is 1.82 bits per heavy atom. The minimum Gasteiger partial charge on any atom is -0.493 e. The van der Waals surface area contributed by atoms with Gasteiger partial charge >= 0.3 is 0 Å². The van der Waals surface area contributed by atoms with Crippen LogP contribution in [0.4, 0.5) is 0 Å². The van der Waals surface area contributed by atoms with E-state index in [2.05, 4.69) is 4.90 Å². The highest BCUT2D eigenvalue weighted by Gasteiger charge is 2.24. The quantitative estimate of drug-likeness (QED) is 0.795. The lowest BCUT2D eigenvalue weighted by atomic mass is 9.96. The standard InChI is InChI=1S/C16H22N2O4/c1-21-14-4-3-12(9-15(14)22-2)13(19)10-18-7-5-11(6-8-18)16(17)20/h3-4,9,11H,5-8,10H2,1-2H3,(H2,17,20). The van der Waals surface area contributed by atoms with E-state index >= 15 is 0 Å². The third-order valence-electron chi connectivity index (χ3n) is 4.06. The number of methoxy groups -OCH3 is 2. The lowest BCUT2D eigenvalue weighted by Gasteiger charge is -2.29. The number of benzene rings is 1. The Balaban J connectivity index is 1.97. The molecule has 1 aliphatic rings. The molecule has 0 atom stereocenters. The zero-order chi connectivity index (χ0) is 16.1. The van der Waals surface area contributed by atoms with Crippen LogP contribution in [0.15, 0.2) is 18.2 Å². The van der Waals surface area contributed by atoms with Gasteiger partial charge in [-0.05, 0) is 44.1 Å². The monoisotopic (exact) mass is 306 g/mol. The maximum atomic E-state index is 12.4. The van der Waals surface area contributed by atoms with Crippen molar-refractivity contribution in [3.63, 3.8) is 0 Å². The molecule has 0 saturated carbocycles. The molecule has 2 rings (SSSR count). The van der Waals surface area contributed by atoms with Gasteiger partial charge in [0.1, 0.15) is 0 Å². The van der Waals surface area contributed by atoms with Crippen LogP contribution < -0.4 is 15.2 Å². The number of carbonyl (C=O) groups excluding carboxylic acids is 2. The van der Waals surface area contributed by atoms with Gasteiger partial charge in [-0.15, -0.1) is 0 Å². The lowest BCUT2D eigenvalue weighted by molar-refractivity contribution is -0.123. The number of nitrogens with two attached hydrogens (primary N) is 1. The van der Waals surface area contributed by atoms with Crippen molar-refractivity contribution in [2.24, 2.45) is 11.7 Å². The zero-order valence-corrected chi connectivity index (χ0v) is 13.0. The van der Waals surface area contributed by atoms with Crippen LogP contribution in [0.25, 0.3) is 0 Å². The Bertz CT molecular complexity index is 551. The molecule has 1 amide bonds. The largest absolute Gasteiger partial charge is 0.493 e. The molecule has 6 heteroatoms. The van der Waals surface area contributed by atoms with Gasteiger partial charge in [0, 0.05) is 11.5 Å². The Morgan fingerprint density at radius 1 is 1.18 bits per heavy atom. The van der Waals surface area contributed by atoms with Crippen LogP contribution in [0, 0.1) is 5.92 Å². The van der Waals surface area contributed by atoms with Gasteiger partial charge < -0.3 is 15.2 Å². The first-order chi connectivity index (χ1) is 10.5. The van der Waals surface area contributed by atoms with Gasteiger partial charge in [-0.3, -0.25) is 14.5 Å². The summed E-state index contributed by atoms with van der Waals surface area (Å²) in [5.74, 6) is 0.860. The molecule has 0 radical (unpaired) electrons. The van der Waals surface area contributed by atoms with Crippen molar-refractivity contribution in [2.75, 3.05) is 33.9 Å². The summed E-state index contributed by atoms with van der Waals surface area (Å²) in [4.78, 5) is 25.6. The van der Waals surface area contributed by atoms with Crippen LogP contribution in [0.3, 0.4) is 0 Å². The summed E-state index contributed by atoms with van der Waals surface area (Å²) in [6, 6.07) is 5.16. The van der Waals surface area contributed by atoms with Crippen molar-refractivity contribution in [1.82, 2.24) is 4.90 Å². The molecule has 1 aliphatic heterocycles. The highest BCUT2D eigenvalue weighted by molar-refractivity contribution is 5.98. The van der Waals surface area contributed by atoms with Gasteiger partial charge in [0.05, 0.1) is 20.8 Å². The molecule has 1 aromatic carbocycles. The van der Waals surface area contributed by atoms with E-state index in [9.17, 15) is 9.59 Å². The van der Waals surface area contributed by atoms with Crippen LogP contribution in [0.2, 0.25) is 0 Å². The summed E-state index contributed by atoms with van der Waals surface area (Å²) in [5.41, 5.74) is 5.91. The topological polar surface area (TPSA) is 81.9 Å². The number of hydrogen-bond donors (Lipinski definition) is 1. The molecule has 1 heterocycles. The predicted octanol–water partition coefficient (Wildman–Crippen LogP) is 1.08. The molecular formula is C16H22N2O4. The van der Waals surface area contributed by atoms with Crippen LogP contribution in [0.5, 0.6) is 11.5 Å². The lowest BCUT2D eigenvalue weighted by Crippen LogP contribution is -2.40. The molecular weight excluding hydrogens is 284 g/mol. The molecule has 1 aromatic rings. The number of amides is 1. The van der Waals surface area contributed by atoms with Gasteiger partial charge in [0.25, 0.3) is 0 Å². The van der Waals surface area contributed by atoms with E-state index in [0.29, 0.717) is 49.5 Å². The second kappa shape index (κ2) is 7.26. The minimum atomic E-state index is -0.245. The first-order valence-corrected chi connectivity index (χ1v) is 7.32. The van der Waals surface area contributed by atoms with Gasteiger partial charge in [-0.2, -0.15) is 0 Å². The number of carbonyl (C=O) groups is 2. The SMILES string of the molecule is COc1ccc(C(=O)CN2CCC(C(N)=O)CC2)cc1OC. The highest BCUT2D eigenvalue weighted by Crippen LogP contribution is 2.28. The molecule has 2 N–H and O–H groups in total. The average molecular weight is 306 g/mol. The number of Topliss-reactive ketones (excluding diaryl/α,β-unsaturated/α-hetero) is 1. The normalized spacial score (nSPS) is 16.3. The molecule has 0 bridgehead atoms. The van der Waals surface area contributed by atoms with Crippen molar-refractivity contribution >= 4 is 11.7 Å². The number of piperidine rings is 1. The Kier molecular flexibility index (Phi) is 5.38. The molecule has 120 valence electrons. The van der Waals surface area contributed by atoms with E-state index in [1.54, 1.807) is 32.4 Å². The number of primary amides is 1. The summed E-state index contributed by atoms with van der Waals surface area (Å²) in [6.45, 7) is 1.76. The third kappa shape index (κ3) is 3.76. The molecule has 0 aliphatic carbocycles. The number of hydrogen-bond acceptors (Lipinski definition) is 5. The van der Waals surface area contributed by atoms with E-state index in [4.69, 9.17) is 15.2 Å². The second-order valence-corrected chi connectivity index (χ2v) is 5.45. The van der Waals surface area contributed by atoms with Crippen molar-refractivity contribution in [2.45, 2.75) is 12.8 Å². The van der Waals surface area contributed by atoms with Gasteiger partial charge in [0.15, 0.2) is 17.3 Å². The maximum absolute atomic E-state index is 12.4. The van der Waals surface area contributed by atoms with Gasteiger partial charge in [-0.25, -0.2) is 0 Å². The second-order valence-electron chi connectivity index (χ2n) is 5.45.